The fourth-order valence-electron chi connectivity index (χ4n) is 4.54. The summed E-state index contributed by atoms with van der Waals surface area (Å²) in [6, 6.07) is 11.5. The number of fused-ring (bicyclic) bond motifs is 1. The van der Waals surface area contributed by atoms with E-state index in [0.717, 1.165) is 65.6 Å². The number of aromatic nitrogens is 2. The molecule has 4 heterocycles. The van der Waals surface area contributed by atoms with Gasteiger partial charge in [0.05, 0.1) is 17.1 Å². The second-order valence-corrected chi connectivity index (χ2v) is 10.0. The molecule has 0 radical (unpaired) electrons. The lowest BCUT2D eigenvalue weighted by Crippen LogP contribution is -2.49. The molecule has 0 aliphatic carbocycles. The zero-order chi connectivity index (χ0) is 23.7. The van der Waals surface area contributed by atoms with Crippen molar-refractivity contribution in [3.8, 4) is 27.7 Å². The molecule has 0 N–H and O–H groups in total. The van der Waals surface area contributed by atoms with Gasteiger partial charge in [-0.2, -0.15) is 0 Å². The Bertz CT molecular complexity index is 1200. The van der Waals surface area contributed by atoms with Crippen LogP contribution < -0.4 is 9.64 Å². The van der Waals surface area contributed by atoms with E-state index in [9.17, 15) is 9.59 Å². The van der Waals surface area contributed by atoms with E-state index in [1.165, 1.54) is 0 Å². The Morgan fingerprint density at radius 1 is 1.15 bits per heavy atom. The lowest BCUT2D eigenvalue weighted by Gasteiger charge is -2.34. The van der Waals surface area contributed by atoms with Gasteiger partial charge in [0, 0.05) is 29.7 Å². The van der Waals surface area contributed by atoms with E-state index in [0.29, 0.717) is 11.4 Å². The number of amides is 2. The third-order valence-electron chi connectivity index (χ3n) is 6.37. The van der Waals surface area contributed by atoms with Crippen LogP contribution in [0.3, 0.4) is 0 Å². The topological polar surface area (TPSA) is 75.6 Å². The summed E-state index contributed by atoms with van der Waals surface area (Å²) in [6.07, 6.45) is 5.46. The quantitative estimate of drug-likeness (QED) is 0.546. The molecule has 34 heavy (non-hydrogen) atoms. The van der Waals surface area contributed by atoms with E-state index in [-0.39, 0.29) is 18.4 Å². The van der Waals surface area contributed by atoms with E-state index in [4.69, 9.17) is 9.72 Å². The van der Waals surface area contributed by atoms with Gasteiger partial charge in [0.15, 0.2) is 6.10 Å². The van der Waals surface area contributed by atoms with E-state index in [1.807, 2.05) is 48.2 Å². The van der Waals surface area contributed by atoms with Crippen LogP contribution in [0.15, 0.2) is 42.6 Å². The first-order valence-corrected chi connectivity index (χ1v) is 12.6. The lowest BCUT2D eigenvalue weighted by atomic mass is 10.1. The highest BCUT2D eigenvalue weighted by Gasteiger charge is 2.34. The van der Waals surface area contributed by atoms with Crippen molar-refractivity contribution >= 4 is 28.8 Å². The molecular weight excluding hydrogens is 448 g/mol. The van der Waals surface area contributed by atoms with Crippen molar-refractivity contribution in [1.82, 2.24) is 14.9 Å². The number of nitrogens with zero attached hydrogens (tertiary/aromatic N) is 4. The van der Waals surface area contributed by atoms with Crippen molar-refractivity contribution in [3.63, 3.8) is 0 Å². The minimum absolute atomic E-state index is 0.0111. The maximum atomic E-state index is 13.1. The van der Waals surface area contributed by atoms with Gasteiger partial charge in [0.1, 0.15) is 17.3 Å². The Balaban J connectivity index is 1.47. The molecule has 0 spiro atoms. The summed E-state index contributed by atoms with van der Waals surface area (Å²) >= 11 is 1.59. The van der Waals surface area contributed by atoms with Crippen LogP contribution in [0.5, 0.6) is 5.75 Å². The van der Waals surface area contributed by atoms with E-state index in [2.05, 4.69) is 4.98 Å². The molecule has 3 aromatic rings. The summed E-state index contributed by atoms with van der Waals surface area (Å²) in [6.45, 7) is 5.30. The van der Waals surface area contributed by atoms with E-state index in [1.54, 1.807) is 29.4 Å². The normalized spacial score (nSPS) is 18.3. The number of likely N-dealkylation sites (tertiary alicyclic amines) is 1. The number of aryl methyl sites for hydroxylation is 1. The summed E-state index contributed by atoms with van der Waals surface area (Å²) in [5, 5.41) is 0.847. The molecule has 5 rings (SSSR count). The predicted octanol–water partition coefficient (Wildman–Crippen LogP) is 4.70. The van der Waals surface area contributed by atoms with Crippen LogP contribution in [-0.2, 0) is 9.59 Å². The molecule has 1 atom stereocenters. The van der Waals surface area contributed by atoms with Gasteiger partial charge < -0.3 is 9.64 Å². The maximum absolute atomic E-state index is 13.1. The summed E-state index contributed by atoms with van der Waals surface area (Å²) in [5.74, 6) is 0.400. The molecular formula is C26H28N4O3S. The number of hydrogen-bond donors (Lipinski definition) is 0. The first-order chi connectivity index (χ1) is 16.5. The van der Waals surface area contributed by atoms with Gasteiger partial charge in [-0.05, 0) is 57.0 Å². The monoisotopic (exact) mass is 476 g/mol. The largest absolute Gasteiger partial charge is 0.479 e. The van der Waals surface area contributed by atoms with Crippen molar-refractivity contribution < 1.29 is 14.3 Å². The number of ether oxygens (including phenoxy) is 1. The van der Waals surface area contributed by atoms with Gasteiger partial charge in [0.2, 0.25) is 5.91 Å². The molecule has 2 aliphatic rings. The molecule has 0 saturated carbocycles. The fraction of sp³-hybridized carbons (Fsp3) is 0.385. The summed E-state index contributed by atoms with van der Waals surface area (Å²) in [5.41, 5.74) is 3.18. The SMILES string of the molecule is Cc1sc(-c2ccccn2)nc1-c1ccc2c(c1)N(CC(=O)N1CCCCCC1)C(=O)C(C)O2. The molecule has 8 heteroatoms. The number of carbonyl (C=O) groups is 2. The van der Waals surface area contributed by atoms with Gasteiger partial charge in [-0.15, -0.1) is 11.3 Å². The van der Waals surface area contributed by atoms with Crippen molar-refractivity contribution in [2.45, 2.75) is 45.6 Å². The minimum atomic E-state index is -0.632. The van der Waals surface area contributed by atoms with Crippen LogP contribution in [0.25, 0.3) is 22.0 Å². The zero-order valence-electron chi connectivity index (χ0n) is 19.5. The van der Waals surface area contributed by atoms with Crippen molar-refractivity contribution in [1.29, 1.82) is 0 Å². The molecule has 1 unspecified atom stereocenters. The third kappa shape index (κ3) is 4.42. The van der Waals surface area contributed by atoms with Crippen LogP contribution in [0.1, 0.15) is 37.5 Å². The Labute approximate surface area is 203 Å². The van der Waals surface area contributed by atoms with Crippen molar-refractivity contribution in [2.24, 2.45) is 0 Å². The second-order valence-electron chi connectivity index (χ2n) is 8.80. The highest BCUT2D eigenvalue weighted by molar-refractivity contribution is 7.15. The Morgan fingerprint density at radius 2 is 1.94 bits per heavy atom. The molecule has 1 fully saturated rings. The highest BCUT2D eigenvalue weighted by atomic mass is 32.1. The van der Waals surface area contributed by atoms with Crippen molar-refractivity contribution in [2.75, 3.05) is 24.5 Å². The molecule has 7 nitrogen and oxygen atoms in total. The summed E-state index contributed by atoms with van der Waals surface area (Å²) in [7, 11) is 0. The van der Waals surface area contributed by atoms with Crippen LogP contribution >= 0.6 is 11.3 Å². The van der Waals surface area contributed by atoms with E-state index < -0.39 is 6.10 Å². The lowest BCUT2D eigenvalue weighted by molar-refractivity contribution is -0.133. The summed E-state index contributed by atoms with van der Waals surface area (Å²) < 4.78 is 5.87. The highest BCUT2D eigenvalue weighted by Crippen LogP contribution is 2.40. The summed E-state index contributed by atoms with van der Waals surface area (Å²) in [4.78, 5) is 40.0. The van der Waals surface area contributed by atoms with E-state index >= 15 is 0 Å². The van der Waals surface area contributed by atoms with Crippen LogP contribution in [0.2, 0.25) is 0 Å². The molecule has 2 aliphatic heterocycles. The number of carbonyl (C=O) groups excluding carboxylic acids is 2. The molecule has 2 amide bonds. The fourth-order valence-corrected chi connectivity index (χ4v) is 5.45. The molecule has 1 saturated heterocycles. The van der Waals surface area contributed by atoms with Crippen molar-refractivity contribution in [3.05, 3.63) is 47.5 Å². The Kier molecular flexibility index (Phi) is 6.32. The number of benzene rings is 1. The van der Waals surface area contributed by atoms with Crippen LogP contribution in [0, 0.1) is 6.92 Å². The Hall–Kier alpha value is -3.26. The average molecular weight is 477 g/mol. The van der Waals surface area contributed by atoms with Crippen LogP contribution in [0.4, 0.5) is 5.69 Å². The predicted molar refractivity (Wildman–Crippen MR) is 133 cm³/mol. The maximum Gasteiger partial charge on any atom is 0.268 e. The number of pyridine rings is 1. The first kappa shape index (κ1) is 22.5. The third-order valence-corrected chi connectivity index (χ3v) is 7.37. The number of thiazole rings is 1. The average Bonchev–Trinajstić information content (AvgIpc) is 3.05. The molecule has 1 aromatic carbocycles. The second kappa shape index (κ2) is 9.54. The smallest absolute Gasteiger partial charge is 0.268 e. The molecule has 176 valence electrons. The van der Waals surface area contributed by atoms with Gasteiger partial charge in [0.25, 0.3) is 5.91 Å². The number of anilines is 1. The minimum Gasteiger partial charge on any atom is -0.479 e. The molecule has 2 aromatic heterocycles. The number of hydrogen-bond acceptors (Lipinski definition) is 6. The van der Waals surface area contributed by atoms with Gasteiger partial charge in [-0.1, -0.05) is 18.9 Å². The zero-order valence-corrected chi connectivity index (χ0v) is 20.3. The standard InChI is InChI=1S/C26H28N4O3S/c1-17-26(32)30(16-23(31)29-13-7-3-4-8-14-29)21-15-19(10-11-22(21)33-17)24-18(2)34-25(28-24)20-9-5-6-12-27-20/h5-6,9-12,15,17H,3-4,7-8,13-14,16H2,1-2H3. The van der Waals surface area contributed by atoms with Gasteiger partial charge in [-0.3, -0.25) is 19.5 Å². The van der Waals surface area contributed by atoms with Crippen LogP contribution in [-0.4, -0.2) is 52.4 Å². The first-order valence-electron chi connectivity index (χ1n) is 11.8. The molecule has 0 bridgehead atoms. The van der Waals surface area contributed by atoms with Gasteiger partial charge in [-0.25, -0.2) is 4.98 Å². The number of rotatable bonds is 4. The Morgan fingerprint density at radius 3 is 2.68 bits per heavy atom. The van der Waals surface area contributed by atoms with Gasteiger partial charge >= 0.3 is 0 Å².